The van der Waals surface area contributed by atoms with E-state index in [1.54, 1.807) is 0 Å². The SMILES string of the molecule is CC1CSC(=NCC2(C)CCCC2)N1. The summed E-state index contributed by atoms with van der Waals surface area (Å²) in [5.41, 5.74) is 0.501. The summed E-state index contributed by atoms with van der Waals surface area (Å²) in [6, 6.07) is 0.607. The molecule has 80 valence electrons. The molecule has 0 aromatic carbocycles. The van der Waals surface area contributed by atoms with Crippen molar-refractivity contribution < 1.29 is 0 Å². The predicted octanol–water partition coefficient (Wildman–Crippen LogP) is 2.65. The van der Waals surface area contributed by atoms with E-state index in [0.29, 0.717) is 11.5 Å². The zero-order valence-electron chi connectivity index (χ0n) is 9.18. The highest BCUT2D eigenvalue weighted by Crippen LogP contribution is 2.37. The van der Waals surface area contributed by atoms with Gasteiger partial charge in [0.15, 0.2) is 5.17 Å². The highest BCUT2D eigenvalue weighted by molar-refractivity contribution is 8.14. The Labute approximate surface area is 90.9 Å². The summed E-state index contributed by atoms with van der Waals surface area (Å²) in [4.78, 5) is 4.70. The minimum absolute atomic E-state index is 0.501. The lowest BCUT2D eigenvalue weighted by Crippen LogP contribution is -2.25. The van der Waals surface area contributed by atoms with Crippen molar-refractivity contribution in [2.45, 2.75) is 45.6 Å². The van der Waals surface area contributed by atoms with Crippen molar-refractivity contribution in [2.75, 3.05) is 12.3 Å². The Kier molecular flexibility index (Phi) is 3.05. The molecule has 0 amide bonds. The lowest BCUT2D eigenvalue weighted by atomic mass is 9.89. The van der Waals surface area contributed by atoms with Crippen LogP contribution in [0.4, 0.5) is 0 Å². The number of aliphatic imine (C=N–C) groups is 1. The van der Waals surface area contributed by atoms with E-state index in [1.165, 1.54) is 36.6 Å². The standard InChI is InChI=1S/C11H20N2S/c1-9-7-14-10(13-9)12-8-11(2)5-3-4-6-11/h9H,3-8H2,1-2H3,(H,12,13). The molecule has 1 N–H and O–H groups in total. The Hall–Kier alpha value is -0.180. The zero-order chi connectivity index (χ0) is 10.0. The Bertz CT molecular complexity index is 231. The van der Waals surface area contributed by atoms with Crippen molar-refractivity contribution in [2.24, 2.45) is 10.4 Å². The van der Waals surface area contributed by atoms with Gasteiger partial charge in [-0.2, -0.15) is 0 Å². The first-order chi connectivity index (χ1) is 6.68. The summed E-state index contributed by atoms with van der Waals surface area (Å²) in [6.07, 6.45) is 5.53. The zero-order valence-corrected chi connectivity index (χ0v) is 9.99. The second-order valence-electron chi connectivity index (χ2n) is 5.00. The quantitative estimate of drug-likeness (QED) is 0.761. The molecule has 1 saturated heterocycles. The number of nitrogens with zero attached hydrogens (tertiary/aromatic N) is 1. The lowest BCUT2D eigenvalue weighted by Gasteiger charge is -2.20. The van der Waals surface area contributed by atoms with Crippen LogP contribution >= 0.6 is 11.8 Å². The molecule has 1 aliphatic carbocycles. The topological polar surface area (TPSA) is 24.4 Å². The van der Waals surface area contributed by atoms with E-state index in [1.807, 2.05) is 11.8 Å². The van der Waals surface area contributed by atoms with E-state index in [-0.39, 0.29) is 0 Å². The number of nitrogens with one attached hydrogen (secondary N) is 1. The number of hydrogen-bond donors (Lipinski definition) is 1. The molecular formula is C11H20N2S. The molecule has 1 heterocycles. The summed E-state index contributed by atoms with van der Waals surface area (Å²) in [7, 11) is 0. The van der Waals surface area contributed by atoms with Gasteiger partial charge in [-0.1, -0.05) is 31.5 Å². The largest absolute Gasteiger partial charge is 0.362 e. The van der Waals surface area contributed by atoms with Gasteiger partial charge in [0.25, 0.3) is 0 Å². The Morgan fingerprint density at radius 1 is 1.50 bits per heavy atom. The maximum absolute atomic E-state index is 4.70. The van der Waals surface area contributed by atoms with Crippen LogP contribution in [-0.2, 0) is 0 Å². The fourth-order valence-electron chi connectivity index (χ4n) is 2.24. The minimum atomic E-state index is 0.501. The van der Waals surface area contributed by atoms with E-state index in [9.17, 15) is 0 Å². The highest BCUT2D eigenvalue weighted by Gasteiger charge is 2.28. The summed E-state index contributed by atoms with van der Waals surface area (Å²) in [6.45, 7) is 5.62. The molecule has 14 heavy (non-hydrogen) atoms. The molecule has 0 bridgehead atoms. The second-order valence-corrected chi connectivity index (χ2v) is 6.00. The molecule has 1 atom stereocenters. The summed E-state index contributed by atoms with van der Waals surface area (Å²) in [5, 5.41) is 4.58. The Morgan fingerprint density at radius 3 is 2.79 bits per heavy atom. The van der Waals surface area contributed by atoms with Gasteiger partial charge in [0.05, 0.1) is 0 Å². The van der Waals surface area contributed by atoms with Crippen molar-refractivity contribution in [3.05, 3.63) is 0 Å². The fourth-order valence-corrected chi connectivity index (χ4v) is 3.17. The van der Waals surface area contributed by atoms with Crippen LogP contribution in [0.1, 0.15) is 39.5 Å². The van der Waals surface area contributed by atoms with Crippen LogP contribution in [-0.4, -0.2) is 23.5 Å². The molecular weight excluding hydrogens is 192 g/mol. The van der Waals surface area contributed by atoms with E-state index >= 15 is 0 Å². The Balaban J connectivity index is 1.86. The van der Waals surface area contributed by atoms with Crippen LogP contribution in [0.2, 0.25) is 0 Å². The fraction of sp³-hybridized carbons (Fsp3) is 0.909. The Morgan fingerprint density at radius 2 is 2.21 bits per heavy atom. The lowest BCUT2D eigenvalue weighted by molar-refractivity contribution is 0.351. The average Bonchev–Trinajstić information content (AvgIpc) is 2.73. The van der Waals surface area contributed by atoms with E-state index in [0.717, 1.165) is 6.54 Å². The van der Waals surface area contributed by atoms with Crippen molar-refractivity contribution >= 4 is 16.9 Å². The van der Waals surface area contributed by atoms with Crippen LogP contribution < -0.4 is 5.32 Å². The van der Waals surface area contributed by atoms with Crippen LogP contribution in [0, 0.1) is 5.41 Å². The van der Waals surface area contributed by atoms with Gasteiger partial charge < -0.3 is 5.32 Å². The first-order valence-corrected chi connectivity index (χ1v) is 6.60. The third-order valence-electron chi connectivity index (χ3n) is 3.25. The predicted molar refractivity (Wildman–Crippen MR) is 63.9 cm³/mol. The minimum Gasteiger partial charge on any atom is -0.362 e. The van der Waals surface area contributed by atoms with Crippen molar-refractivity contribution in [3.63, 3.8) is 0 Å². The number of amidine groups is 1. The molecule has 2 aliphatic rings. The monoisotopic (exact) mass is 212 g/mol. The second kappa shape index (κ2) is 4.13. The van der Waals surface area contributed by atoms with Gasteiger partial charge in [0.2, 0.25) is 0 Å². The maximum atomic E-state index is 4.70. The van der Waals surface area contributed by atoms with Gasteiger partial charge in [-0.05, 0) is 25.2 Å². The number of thioether (sulfide) groups is 1. The van der Waals surface area contributed by atoms with Gasteiger partial charge in [-0.3, -0.25) is 4.99 Å². The molecule has 2 fully saturated rings. The summed E-state index contributed by atoms with van der Waals surface area (Å²) in [5.74, 6) is 1.18. The van der Waals surface area contributed by atoms with Crippen LogP contribution in [0.5, 0.6) is 0 Å². The van der Waals surface area contributed by atoms with Crippen LogP contribution in [0.25, 0.3) is 0 Å². The van der Waals surface area contributed by atoms with E-state index in [4.69, 9.17) is 4.99 Å². The molecule has 3 heteroatoms. The van der Waals surface area contributed by atoms with E-state index in [2.05, 4.69) is 19.2 Å². The van der Waals surface area contributed by atoms with Crippen molar-refractivity contribution in [1.29, 1.82) is 0 Å². The van der Waals surface area contributed by atoms with Crippen molar-refractivity contribution in [1.82, 2.24) is 5.32 Å². The van der Waals surface area contributed by atoms with Gasteiger partial charge >= 0.3 is 0 Å². The smallest absolute Gasteiger partial charge is 0.156 e. The number of hydrogen-bond acceptors (Lipinski definition) is 2. The first kappa shape index (κ1) is 10.3. The van der Waals surface area contributed by atoms with Crippen LogP contribution in [0.15, 0.2) is 4.99 Å². The maximum Gasteiger partial charge on any atom is 0.156 e. The molecule has 1 unspecified atom stereocenters. The molecule has 1 saturated carbocycles. The summed E-state index contributed by atoms with van der Waals surface area (Å²) >= 11 is 1.87. The van der Waals surface area contributed by atoms with Gasteiger partial charge in [0, 0.05) is 18.3 Å². The third kappa shape index (κ3) is 2.44. The van der Waals surface area contributed by atoms with Gasteiger partial charge in [-0.15, -0.1) is 0 Å². The van der Waals surface area contributed by atoms with Gasteiger partial charge in [0.1, 0.15) is 0 Å². The third-order valence-corrected chi connectivity index (χ3v) is 4.44. The molecule has 0 aromatic heterocycles. The number of rotatable bonds is 2. The van der Waals surface area contributed by atoms with Crippen LogP contribution in [0.3, 0.4) is 0 Å². The normalized spacial score (nSPS) is 33.6. The molecule has 0 radical (unpaired) electrons. The van der Waals surface area contributed by atoms with E-state index < -0.39 is 0 Å². The molecule has 2 nitrogen and oxygen atoms in total. The highest BCUT2D eigenvalue weighted by atomic mass is 32.2. The molecule has 0 spiro atoms. The molecule has 0 aromatic rings. The van der Waals surface area contributed by atoms with Gasteiger partial charge in [-0.25, -0.2) is 0 Å². The molecule has 2 rings (SSSR count). The summed E-state index contributed by atoms with van der Waals surface area (Å²) < 4.78 is 0. The first-order valence-electron chi connectivity index (χ1n) is 5.62. The average molecular weight is 212 g/mol. The van der Waals surface area contributed by atoms with Crippen molar-refractivity contribution in [3.8, 4) is 0 Å². The molecule has 1 aliphatic heterocycles.